The number of nitrogens with two attached hydrogens (primary N) is 1. The highest BCUT2D eigenvalue weighted by molar-refractivity contribution is 6.30. The van der Waals surface area contributed by atoms with E-state index in [1.165, 1.54) is 0 Å². The maximum absolute atomic E-state index is 10.7. The van der Waals surface area contributed by atoms with Crippen molar-refractivity contribution in [3.8, 4) is 0 Å². The lowest BCUT2D eigenvalue weighted by molar-refractivity contribution is -0.117. The molecule has 1 unspecified atom stereocenters. The number of primary amides is 1. The minimum atomic E-state index is -0.351. The van der Waals surface area contributed by atoms with Crippen LogP contribution < -0.4 is 11.1 Å². The molecule has 0 aromatic heterocycles. The van der Waals surface area contributed by atoms with Crippen LogP contribution >= 0.6 is 11.6 Å². The summed E-state index contributed by atoms with van der Waals surface area (Å²) in [6.07, 6.45) is 0.883. The number of nitrogens with one attached hydrogen (secondary N) is 1. The fourth-order valence-corrected chi connectivity index (χ4v) is 1.64. The average molecular weight is 227 g/mol. The Labute approximate surface area is 94.6 Å². The SMILES string of the molecule is CCC(NCC(N)=O)c1cccc(Cl)c1. The normalized spacial score (nSPS) is 12.4. The summed E-state index contributed by atoms with van der Waals surface area (Å²) in [5.74, 6) is -0.351. The van der Waals surface area contributed by atoms with Gasteiger partial charge in [0.2, 0.25) is 5.91 Å². The molecule has 0 aliphatic rings. The van der Waals surface area contributed by atoms with Crippen molar-refractivity contribution in [3.05, 3.63) is 34.9 Å². The Balaban J connectivity index is 2.69. The number of carbonyl (C=O) groups is 1. The van der Waals surface area contributed by atoms with Gasteiger partial charge in [0.15, 0.2) is 0 Å². The van der Waals surface area contributed by atoms with Crippen LogP contribution in [0.4, 0.5) is 0 Å². The van der Waals surface area contributed by atoms with Crippen molar-refractivity contribution >= 4 is 17.5 Å². The third-order valence-electron chi connectivity index (χ3n) is 2.18. The summed E-state index contributed by atoms with van der Waals surface area (Å²) in [7, 11) is 0. The zero-order valence-corrected chi connectivity index (χ0v) is 9.42. The van der Waals surface area contributed by atoms with E-state index < -0.39 is 0 Å². The van der Waals surface area contributed by atoms with Crippen LogP contribution in [-0.2, 0) is 4.79 Å². The minimum Gasteiger partial charge on any atom is -0.369 e. The van der Waals surface area contributed by atoms with Crippen LogP contribution in [-0.4, -0.2) is 12.5 Å². The molecular weight excluding hydrogens is 212 g/mol. The molecule has 3 N–H and O–H groups in total. The highest BCUT2D eigenvalue weighted by atomic mass is 35.5. The molecule has 0 aliphatic carbocycles. The minimum absolute atomic E-state index is 0.121. The summed E-state index contributed by atoms with van der Waals surface area (Å²) in [6.45, 7) is 2.23. The molecule has 0 saturated heterocycles. The van der Waals surface area contributed by atoms with Crippen molar-refractivity contribution in [2.45, 2.75) is 19.4 Å². The van der Waals surface area contributed by atoms with Crippen LogP contribution in [0.2, 0.25) is 5.02 Å². The van der Waals surface area contributed by atoms with Gasteiger partial charge in [-0.05, 0) is 24.1 Å². The zero-order chi connectivity index (χ0) is 11.3. The van der Waals surface area contributed by atoms with E-state index in [0.717, 1.165) is 12.0 Å². The molecule has 1 amide bonds. The highest BCUT2D eigenvalue weighted by Crippen LogP contribution is 2.19. The Morgan fingerprint density at radius 1 is 1.60 bits per heavy atom. The van der Waals surface area contributed by atoms with Gasteiger partial charge in [-0.15, -0.1) is 0 Å². The molecule has 1 aromatic rings. The lowest BCUT2D eigenvalue weighted by atomic mass is 10.0. The van der Waals surface area contributed by atoms with Gasteiger partial charge in [-0.2, -0.15) is 0 Å². The second kappa shape index (κ2) is 5.73. The van der Waals surface area contributed by atoms with E-state index in [-0.39, 0.29) is 18.5 Å². The summed E-state index contributed by atoms with van der Waals surface area (Å²) in [6, 6.07) is 7.71. The van der Waals surface area contributed by atoms with E-state index in [9.17, 15) is 4.79 Å². The first-order valence-corrected chi connectivity index (χ1v) is 5.28. The molecule has 0 spiro atoms. The molecule has 1 aromatic carbocycles. The molecule has 0 heterocycles. The van der Waals surface area contributed by atoms with Gasteiger partial charge >= 0.3 is 0 Å². The standard InChI is InChI=1S/C11H15ClN2O/c1-2-10(14-7-11(13)15)8-4-3-5-9(12)6-8/h3-6,10,14H,2,7H2,1H3,(H2,13,15). The third-order valence-corrected chi connectivity index (χ3v) is 2.42. The Hall–Kier alpha value is -1.06. The number of benzene rings is 1. The summed E-state index contributed by atoms with van der Waals surface area (Å²) in [5.41, 5.74) is 6.15. The second-order valence-electron chi connectivity index (χ2n) is 3.36. The maximum Gasteiger partial charge on any atom is 0.231 e. The van der Waals surface area contributed by atoms with E-state index >= 15 is 0 Å². The lowest BCUT2D eigenvalue weighted by Crippen LogP contribution is -2.31. The number of rotatable bonds is 5. The van der Waals surface area contributed by atoms with Crippen LogP contribution in [0.25, 0.3) is 0 Å². The Morgan fingerprint density at radius 2 is 2.33 bits per heavy atom. The van der Waals surface area contributed by atoms with Crippen LogP contribution in [0.15, 0.2) is 24.3 Å². The molecule has 15 heavy (non-hydrogen) atoms. The first kappa shape index (κ1) is 12.0. The van der Waals surface area contributed by atoms with Gasteiger partial charge in [0.25, 0.3) is 0 Å². The number of halogens is 1. The highest BCUT2D eigenvalue weighted by Gasteiger charge is 2.09. The first-order valence-electron chi connectivity index (χ1n) is 4.90. The van der Waals surface area contributed by atoms with Gasteiger partial charge in [0.05, 0.1) is 6.54 Å². The molecule has 3 nitrogen and oxygen atoms in total. The van der Waals surface area contributed by atoms with E-state index in [1.807, 2.05) is 31.2 Å². The van der Waals surface area contributed by atoms with Gasteiger partial charge in [-0.25, -0.2) is 0 Å². The molecule has 1 atom stereocenters. The number of amides is 1. The fraction of sp³-hybridized carbons (Fsp3) is 0.364. The van der Waals surface area contributed by atoms with Crippen molar-refractivity contribution in [3.63, 3.8) is 0 Å². The number of hydrogen-bond acceptors (Lipinski definition) is 2. The van der Waals surface area contributed by atoms with Crippen molar-refractivity contribution in [2.75, 3.05) is 6.54 Å². The van der Waals surface area contributed by atoms with E-state index in [4.69, 9.17) is 17.3 Å². The summed E-state index contributed by atoms with van der Waals surface area (Å²) >= 11 is 5.89. The van der Waals surface area contributed by atoms with Crippen molar-refractivity contribution in [1.82, 2.24) is 5.32 Å². The van der Waals surface area contributed by atoms with Crippen LogP contribution in [0.1, 0.15) is 24.9 Å². The predicted octanol–water partition coefficient (Wildman–Crippen LogP) is 1.87. The molecule has 0 bridgehead atoms. The molecule has 4 heteroatoms. The third kappa shape index (κ3) is 3.90. The maximum atomic E-state index is 10.7. The van der Waals surface area contributed by atoms with E-state index in [0.29, 0.717) is 5.02 Å². The molecule has 0 radical (unpaired) electrons. The number of carbonyl (C=O) groups excluding carboxylic acids is 1. The predicted molar refractivity (Wildman–Crippen MR) is 61.7 cm³/mol. The van der Waals surface area contributed by atoms with Crippen molar-refractivity contribution in [2.24, 2.45) is 5.73 Å². The Kier molecular flexibility index (Phi) is 4.59. The molecule has 82 valence electrons. The first-order chi connectivity index (χ1) is 7.13. The Morgan fingerprint density at radius 3 is 2.87 bits per heavy atom. The largest absolute Gasteiger partial charge is 0.369 e. The smallest absolute Gasteiger partial charge is 0.231 e. The van der Waals surface area contributed by atoms with Crippen LogP contribution in [0.3, 0.4) is 0 Å². The topological polar surface area (TPSA) is 55.1 Å². The zero-order valence-electron chi connectivity index (χ0n) is 8.66. The lowest BCUT2D eigenvalue weighted by Gasteiger charge is -2.16. The van der Waals surface area contributed by atoms with Gasteiger partial charge in [-0.3, -0.25) is 4.79 Å². The molecule has 0 aliphatic heterocycles. The van der Waals surface area contributed by atoms with Gasteiger partial charge in [-0.1, -0.05) is 30.7 Å². The fourth-order valence-electron chi connectivity index (χ4n) is 1.45. The number of hydrogen-bond donors (Lipinski definition) is 2. The van der Waals surface area contributed by atoms with Gasteiger partial charge in [0, 0.05) is 11.1 Å². The second-order valence-corrected chi connectivity index (χ2v) is 3.80. The van der Waals surface area contributed by atoms with Crippen LogP contribution in [0.5, 0.6) is 0 Å². The average Bonchev–Trinajstić information content (AvgIpc) is 2.18. The van der Waals surface area contributed by atoms with Crippen LogP contribution in [0, 0.1) is 0 Å². The summed E-state index contributed by atoms with van der Waals surface area (Å²) in [5, 5.41) is 3.78. The quantitative estimate of drug-likeness (QED) is 0.806. The monoisotopic (exact) mass is 226 g/mol. The molecule has 0 saturated carbocycles. The summed E-state index contributed by atoms with van der Waals surface area (Å²) < 4.78 is 0. The Bertz CT molecular complexity index is 341. The summed E-state index contributed by atoms with van der Waals surface area (Å²) in [4.78, 5) is 10.7. The molecule has 1 rings (SSSR count). The van der Waals surface area contributed by atoms with E-state index in [2.05, 4.69) is 5.32 Å². The van der Waals surface area contributed by atoms with E-state index in [1.54, 1.807) is 0 Å². The molecule has 0 fully saturated rings. The molecular formula is C11H15ClN2O. The van der Waals surface area contributed by atoms with Crippen molar-refractivity contribution < 1.29 is 4.79 Å². The van der Waals surface area contributed by atoms with Gasteiger partial charge < -0.3 is 11.1 Å². The van der Waals surface area contributed by atoms with Gasteiger partial charge in [0.1, 0.15) is 0 Å². The van der Waals surface area contributed by atoms with Crippen molar-refractivity contribution in [1.29, 1.82) is 0 Å².